The number of hydrogen-bond acceptors (Lipinski definition) is 4. The minimum atomic E-state index is -0.808. The maximum absolute atomic E-state index is 11.6. The van der Waals surface area contributed by atoms with Crippen molar-refractivity contribution in [3.8, 4) is 0 Å². The molecule has 2 N–H and O–H groups in total. The number of hydrogen-bond donors (Lipinski definition) is 2. The van der Waals surface area contributed by atoms with Gasteiger partial charge in [-0.2, -0.15) is 0 Å². The first-order valence-corrected chi connectivity index (χ1v) is 5.36. The van der Waals surface area contributed by atoms with Crippen molar-refractivity contribution in [2.45, 2.75) is 25.4 Å². The number of carbonyl (C=O) groups excluding carboxylic acids is 1. The molecule has 1 aromatic rings. The summed E-state index contributed by atoms with van der Waals surface area (Å²) in [5.74, 6) is 0.0173. The molecule has 0 spiro atoms. The predicted molar refractivity (Wildman–Crippen MR) is 57.7 cm³/mol. The van der Waals surface area contributed by atoms with Gasteiger partial charge in [-0.05, 0) is 25.7 Å². The van der Waals surface area contributed by atoms with Crippen molar-refractivity contribution >= 4 is 5.91 Å². The van der Waals surface area contributed by atoms with Gasteiger partial charge >= 0.3 is 0 Å². The average molecular weight is 221 g/mol. The van der Waals surface area contributed by atoms with Gasteiger partial charge in [0.2, 0.25) is 0 Å². The summed E-state index contributed by atoms with van der Waals surface area (Å²) >= 11 is 0. The van der Waals surface area contributed by atoms with E-state index in [1.54, 1.807) is 6.92 Å². The number of nitrogens with zero attached hydrogens (tertiary/aromatic N) is 2. The Labute approximate surface area is 93.9 Å². The summed E-state index contributed by atoms with van der Waals surface area (Å²) < 4.78 is 0. The zero-order chi connectivity index (χ0) is 11.6. The van der Waals surface area contributed by atoms with Gasteiger partial charge in [0, 0.05) is 18.9 Å². The SMILES string of the molecule is C[C@](O)(CNC(=O)c1cnccn1)C1CC1. The van der Waals surface area contributed by atoms with Gasteiger partial charge in [-0.25, -0.2) is 4.98 Å². The van der Waals surface area contributed by atoms with Crippen LogP contribution in [0.25, 0.3) is 0 Å². The second-order valence-electron chi connectivity index (χ2n) is 4.40. The highest BCUT2D eigenvalue weighted by molar-refractivity contribution is 5.91. The van der Waals surface area contributed by atoms with Gasteiger partial charge in [0.25, 0.3) is 5.91 Å². The van der Waals surface area contributed by atoms with E-state index in [0.717, 1.165) is 12.8 Å². The lowest BCUT2D eigenvalue weighted by atomic mass is 10.0. The summed E-state index contributed by atoms with van der Waals surface area (Å²) in [6.07, 6.45) is 6.45. The van der Waals surface area contributed by atoms with E-state index in [4.69, 9.17) is 0 Å². The molecule has 0 aliphatic heterocycles. The minimum Gasteiger partial charge on any atom is -0.388 e. The lowest BCUT2D eigenvalue weighted by Crippen LogP contribution is -2.42. The van der Waals surface area contributed by atoms with E-state index < -0.39 is 5.60 Å². The molecule has 86 valence electrons. The van der Waals surface area contributed by atoms with Crippen LogP contribution in [0.5, 0.6) is 0 Å². The number of aromatic nitrogens is 2. The highest BCUT2D eigenvalue weighted by Gasteiger charge is 2.39. The van der Waals surface area contributed by atoms with Crippen LogP contribution >= 0.6 is 0 Å². The Morgan fingerprint density at radius 3 is 2.94 bits per heavy atom. The molecule has 0 radical (unpaired) electrons. The molecule has 0 saturated heterocycles. The number of carbonyl (C=O) groups is 1. The Bertz CT molecular complexity index is 374. The van der Waals surface area contributed by atoms with Crippen molar-refractivity contribution in [3.63, 3.8) is 0 Å². The summed E-state index contributed by atoms with van der Waals surface area (Å²) in [6.45, 7) is 2.01. The molecule has 0 aromatic carbocycles. The normalized spacial score (nSPS) is 18.9. The fourth-order valence-corrected chi connectivity index (χ4v) is 1.62. The zero-order valence-corrected chi connectivity index (χ0v) is 9.18. The third-order valence-electron chi connectivity index (χ3n) is 2.86. The number of aliphatic hydroxyl groups is 1. The Hall–Kier alpha value is -1.49. The van der Waals surface area contributed by atoms with Crippen LogP contribution in [0.15, 0.2) is 18.6 Å². The van der Waals surface area contributed by atoms with Crippen LogP contribution < -0.4 is 5.32 Å². The first-order valence-electron chi connectivity index (χ1n) is 5.36. The molecule has 1 fully saturated rings. The molecular weight excluding hydrogens is 206 g/mol. The van der Waals surface area contributed by atoms with E-state index in [2.05, 4.69) is 15.3 Å². The molecule has 16 heavy (non-hydrogen) atoms. The van der Waals surface area contributed by atoms with E-state index in [9.17, 15) is 9.90 Å². The lowest BCUT2D eigenvalue weighted by Gasteiger charge is -2.22. The predicted octanol–water partition coefficient (Wildman–Crippen LogP) is 0.367. The van der Waals surface area contributed by atoms with E-state index in [1.165, 1.54) is 18.6 Å². The van der Waals surface area contributed by atoms with Gasteiger partial charge in [0.05, 0.1) is 11.8 Å². The molecule has 0 unspecified atom stereocenters. The topological polar surface area (TPSA) is 75.1 Å². The van der Waals surface area contributed by atoms with Crippen LogP contribution in [0.3, 0.4) is 0 Å². The molecule has 1 aliphatic rings. The monoisotopic (exact) mass is 221 g/mol. The van der Waals surface area contributed by atoms with Crippen LogP contribution in [0.1, 0.15) is 30.3 Å². The summed E-state index contributed by atoms with van der Waals surface area (Å²) in [7, 11) is 0. The summed E-state index contributed by atoms with van der Waals surface area (Å²) in [6, 6.07) is 0. The van der Waals surface area contributed by atoms with Gasteiger partial charge in [0.15, 0.2) is 0 Å². The highest BCUT2D eigenvalue weighted by atomic mass is 16.3. The fourth-order valence-electron chi connectivity index (χ4n) is 1.62. The van der Waals surface area contributed by atoms with Crippen LogP contribution in [-0.4, -0.2) is 33.1 Å². The van der Waals surface area contributed by atoms with Gasteiger partial charge in [-0.1, -0.05) is 0 Å². The largest absolute Gasteiger partial charge is 0.388 e. The van der Waals surface area contributed by atoms with Gasteiger partial charge in [-0.15, -0.1) is 0 Å². The Kier molecular flexibility index (Phi) is 2.87. The van der Waals surface area contributed by atoms with Crippen LogP contribution in [0.4, 0.5) is 0 Å². The number of amides is 1. The molecule has 1 atom stereocenters. The van der Waals surface area contributed by atoms with Gasteiger partial charge < -0.3 is 10.4 Å². The highest BCUT2D eigenvalue weighted by Crippen LogP contribution is 2.38. The van der Waals surface area contributed by atoms with E-state index in [1.807, 2.05) is 0 Å². The average Bonchev–Trinajstić information content (AvgIpc) is 3.11. The molecule has 1 amide bonds. The molecule has 0 bridgehead atoms. The Morgan fingerprint density at radius 1 is 1.62 bits per heavy atom. The number of rotatable bonds is 4. The van der Waals surface area contributed by atoms with Crippen LogP contribution in [-0.2, 0) is 0 Å². The van der Waals surface area contributed by atoms with Crippen molar-refractivity contribution in [3.05, 3.63) is 24.3 Å². The first kappa shape index (κ1) is 11.0. The first-order chi connectivity index (χ1) is 7.59. The van der Waals surface area contributed by atoms with Gasteiger partial charge in [0.1, 0.15) is 5.69 Å². The lowest BCUT2D eigenvalue weighted by molar-refractivity contribution is 0.0353. The summed E-state index contributed by atoms with van der Waals surface area (Å²) in [4.78, 5) is 19.3. The third-order valence-corrected chi connectivity index (χ3v) is 2.86. The van der Waals surface area contributed by atoms with Gasteiger partial charge in [-0.3, -0.25) is 9.78 Å². The molecule has 5 nitrogen and oxygen atoms in total. The van der Waals surface area contributed by atoms with Crippen molar-refractivity contribution in [1.82, 2.24) is 15.3 Å². The van der Waals surface area contributed by atoms with Crippen molar-refractivity contribution in [2.75, 3.05) is 6.54 Å². The molecule has 1 saturated carbocycles. The van der Waals surface area contributed by atoms with Crippen molar-refractivity contribution < 1.29 is 9.90 Å². The molecular formula is C11H15N3O2. The third kappa shape index (κ3) is 2.55. The van der Waals surface area contributed by atoms with Crippen LogP contribution in [0.2, 0.25) is 0 Å². The fraction of sp³-hybridized carbons (Fsp3) is 0.545. The summed E-state index contributed by atoms with van der Waals surface area (Å²) in [5, 5.41) is 12.7. The standard InChI is InChI=1S/C11H15N3O2/c1-11(16,8-2-3-8)7-14-10(15)9-6-12-4-5-13-9/h4-6,8,16H,2-3,7H2,1H3,(H,14,15)/t11-/m0/s1. The second kappa shape index (κ2) is 4.17. The number of nitrogens with one attached hydrogen (secondary N) is 1. The minimum absolute atomic E-state index is 0.257. The molecule has 1 aromatic heterocycles. The maximum atomic E-state index is 11.6. The quantitative estimate of drug-likeness (QED) is 0.770. The maximum Gasteiger partial charge on any atom is 0.271 e. The van der Waals surface area contributed by atoms with E-state index >= 15 is 0 Å². The van der Waals surface area contributed by atoms with E-state index in [-0.39, 0.29) is 18.1 Å². The molecule has 1 heterocycles. The Balaban J connectivity index is 1.88. The summed E-state index contributed by atoms with van der Waals surface area (Å²) in [5.41, 5.74) is -0.535. The Morgan fingerprint density at radius 2 is 2.38 bits per heavy atom. The van der Waals surface area contributed by atoms with E-state index in [0.29, 0.717) is 5.92 Å². The molecule has 5 heteroatoms. The van der Waals surface area contributed by atoms with Crippen molar-refractivity contribution in [1.29, 1.82) is 0 Å². The van der Waals surface area contributed by atoms with Crippen molar-refractivity contribution in [2.24, 2.45) is 5.92 Å². The second-order valence-corrected chi connectivity index (χ2v) is 4.40. The van der Waals surface area contributed by atoms with Crippen LogP contribution in [0, 0.1) is 5.92 Å². The molecule has 1 aliphatic carbocycles. The smallest absolute Gasteiger partial charge is 0.271 e. The zero-order valence-electron chi connectivity index (χ0n) is 9.18. The molecule has 2 rings (SSSR count).